The van der Waals surface area contributed by atoms with Crippen molar-refractivity contribution in [3.05, 3.63) is 53.6 Å². The van der Waals surface area contributed by atoms with Crippen LogP contribution in [0.25, 0.3) is 11.1 Å². The van der Waals surface area contributed by atoms with Gasteiger partial charge in [-0.05, 0) is 36.2 Å². The zero-order valence-corrected chi connectivity index (χ0v) is 15.6. The van der Waals surface area contributed by atoms with E-state index < -0.39 is 0 Å². The molecular formula is C21H26N2O3. The molecule has 0 radical (unpaired) electrons. The number of carbonyl (C=O) groups excluding carboxylic acids is 1. The third kappa shape index (κ3) is 3.89. The van der Waals surface area contributed by atoms with Crippen LogP contribution in [0, 0.1) is 0 Å². The van der Waals surface area contributed by atoms with Gasteiger partial charge in [-0.2, -0.15) is 0 Å². The minimum atomic E-state index is -0.105. The molecule has 1 amide bonds. The zero-order valence-electron chi connectivity index (χ0n) is 15.6. The molecule has 0 aliphatic carbocycles. The Kier molecular flexibility index (Phi) is 5.91. The molecule has 1 heterocycles. The molecule has 3 rings (SSSR count). The van der Waals surface area contributed by atoms with Crippen LogP contribution in [-0.2, 0) is 4.74 Å². The average molecular weight is 354 g/mol. The van der Waals surface area contributed by atoms with Crippen LogP contribution in [0.2, 0.25) is 0 Å². The molecule has 138 valence electrons. The Morgan fingerprint density at radius 1 is 1.15 bits per heavy atom. The number of methoxy groups -OCH3 is 1. The smallest absolute Gasteiger partial charge is 0.251 e. The number of nitrogens with zero attached hydrogens (tertiary/aromatic N) is 1. The molecule has 2 aromatic carbocycles. The summed E-state index contributed by atoms with van der Waals surface area (Å²) in [6.07, 6.45) is 0. The summed E-state index contributed by atoms with van der Waals surface area (Å²) in [5.74, 6) is 0.651. The van der Waals surface area contributed by atoms with Crippen molar-refractivity contribution in [3.63, 3.8) is 0 Å². The number of morpholine rings is 1. The lowest BCUT2D eigenvalue weighted by Gasteiger charge is -2.32. The van der Waals surface area contributed by atoms with E-state index >= 15 is 0 Å². The van der Waals surface area contributed by atoms with E-state index in [0.717, 1.165) is 43.2 Å². The number of hydrogen-bond donors (Lipinski definition) is 1. The molecule has 0 aromatic heterocycles. The third-order valence-electron chi connectivity index (χ3n) is 4.99. The van der Waals surface area contributed by atoms with Crippen LogP contribution in [0.4, 0.5) is 0 Å². The number of ether oxygens (including phenoxy) is 2. The number of nitrogens with one attached hydrogen (secondary N) is 1. The van der Waals surface area contributed by atoms with Gasteiger partial charge in [-0.25, -0.2) is 0 Å². The Labute approximate surface area is 154 Å². The van der Waals surface area contributed by atoms with Gasteiger partial charge in [0.15, 0.2) is 0 Å². The van der Waals surface area contributed by atoms with Gasteiger partial charge in [-0.15, -0.1) is 0 Å². The number of benzene rings is 2. The van der Waals surface area contributed by atoms with E-state index in [0.29, 0.717) is 11.6 Å². The van der Waals surface area contributed by atoms with E-state index in [9.17, 15) is 4.79 Å². The van der Waals surface area contributed by atoms with Crippen molar-refractivity contribution in [1.29, 1.82) is 0 Å². The average Bonchev–Trinajstić information content (AvgIpc) is 2.73. The quantitative estimate of drug-likeness (QED) is 0.896. The Balaban J connectivity index is 1.86. The normalized spacial score (nSPS) is 16.1. The summed E-state index contributed by atoms with van der Waals surface area (Å²) in [6, 6.07) is 14.3. The van der Waals surface area contributed by atoms with E-state index in [1.54, 1.807) is 20.2 Å². The second-order valence-corrected chi connectivity index (χ2v) is 6.44. The largest absolute Gasteiger partial charge is 0.496 e. The Hall–Kier alpha value is -2.37. The lowest BCUT2D eigenvalue weighted by atomic mass is 9.98. The summed E-state index contributed by atoms with van der Waals surface area (Å²) < 4.78 is 10.9. The van der Waals surface area contributed by atoms with E-state index in [4.69, 9.17) is 9.47 Å². The van der Waals surface area contributed by atoms with Crippen molar-refractivity contribution in [1.82, 2.24) is 10.2 Å². The van der Waals surface area contributed by atoms with Gasteiger partial charge in [0, 0.05) is 37.3 Å². The van der Waals surface area contributed by atoms with Gasteiger partial charge in [0.25, 0.3) is 5.91 Å². The van der Waals surface area contributed by atoms with E-state index in [-0.39, 0.29) is 5.91 Å². The summed E-state index contributed by atoms with van der Waals surface area (Å²) in [5.41, 5.74) is 3.84. The predicted octanol–water partition coefficient (Wildman–Crippen LogP) is 3.12. The highest BCUT2D eigenvalue weighted by Gasteiger charge is 2.18. The molecule has 1 N–H and O–H groups in total. The van der Waals surface area contributed by atoms with Crippen LogP contribution in [0.5, 0.6) is 5.75 Å². The van der Waals surface area contributed by atoms with Gasteiger partial charge < -0.3 is 14.8 Å². The Bertz CT molecular complexity index is 752. The first-order valence-electron chi connectivity index (χ1n) is 8.96. The highest BCUT2D eigenvalue weighted by Crippen LogP contribution is 2.32. The summed E-state index contributed by atoms with van der Waals surface area (Å²) in [6.45, 7) is 5.75. The van der Waals surface area contributed by atoms with Crippen LogP contribution in [0.15, 0.2) is 42.5 Å². The second kappa shape index (κ2) is 8.34. The van der Waals surface area contributed by atoms with Gasteiger partial charge in [0.05, 0.1) is 20.3 Å². The molecule has 1 aliphatic rings. The number of rotatable bonds is 5. The van der Waals surface area contributed by atoms with Crippen LogP contribution < -0.4 is 10.1 Å². The number of amides is 1. The van der Waals surface area contributed by atoms with Crippen LogP contribution >= 0.6 is 0 Å². The monoisotopic (exact) mass is 354 g/mol. The summed E-state index contributed by atoms with van der Waals surface area (Å²) in [5, 5.41) is 2.66. The SMILES string of the molecule is CNC(=O)c1ccc(OC)c(-c2ccc([C@@H](C)N3CCOCC3)cc2)c1. The molecule has 2 aromatic rings. The first kappa shape index (κ1) is 18.4. The van der Waals surface area contributed by atoms with Gasteiger partial charge >= 0.3 is 0 Å². The fourth-order valence-electron chi connectivity index (χ4n) is 3.34. The molecule has 1 saturated heterocycles. The Morgan fingerprint density at radius 3 is 2.46 bits per heavy atom. The highest BCUT2D eigenvalue weighted by atomic mass is 16.5. The molecule has 5 nitrogen and oxygen atoms in total. The van der Waals surface area contributed by atoms with Crippen molar-refractivity contribution in [2.45, 2.75) is 13.0 Å². The molecule has 0 bridgehead atoms. The van der Waals surface area contributed by atoms with Crippen molar-refractivity contribution in [3.8, 4) is 16.9 Å². The molecule has 5 heteroatoms. The van der Waals surface area contributed by atoms with Gasteiger partial charge in [0.1, 0.15) is 5.75 Å². The lowest BCUT2D eigenvalue weighted by Crippen LogP contribution is -2.37. The first-order valence-corrected chi connectivity index (χ1v) is 8.96. The van der Waals surface area contributed by atoms with Gasteiger partial charge in [-0.3, -0.25) is 9.69 Å². The molecule has 0 unspecified atom stereocenters. The van der Waals surface area contributed by atoms with Crippen molar-refractivity contribution in [2.75, 3.05) is 40.5 Å². The number of hydrogen-bond acceptors (Lipinski definition) is 4. The van der Waals surface area contributed by atoms with Crippen molar-refractivity contribution >= 4 is 5.91 Å². The standard InChI is InChI=1S/C21H26N2O3/c1-15(23-10-12-26-13-11-23)16-4-6-17(7-5-16)19-14-18(21(24)22-2)8-9-20(19)25-3/h4-9,14-15H,10-13H2,1-3H3,(H,22,24)/t15-/m1/s1. The van der Waals surface area contributed by atoms with Crippen LogP contribution in [-0.4, -0.2) is 51.3 Å². The number of carbonyl (C=O) groups is 1. The third-order valence-corrected chi connectivity index (χ3v) is 4.99. The maximum Gasteiger partial charge on any atom is 0.251 e. The zero-order chi connectivity index (χ0) is 18.5. The minimum absolute atomic E-state index is 0.105. The second-order valence-electron chi connectivity index (χ2n) is 6.44. The fraction of sp³-hybridized carbons (Fsp3) is 0.381. The summed E-state index contributed by atoms with van der Waals surface area (Å²) in [4.78, 5) is 14.4. The molecule has 26 heavy (non-hydrogen) atoms. The maximum atomic E-state index is 11.9. The maximum absolute atomic E-state index is 11.9. The van der Waals surface area contributed by atoms with Crippen LogP contribution in [0.3, 0.4) is 0 Å². The fourth-order valence-corrected chi connectivity index (χ4v) is 3.34. The molecule has 1 atom stereocenters. The van der Waals surface area contributed by atoms with Crippen molar-refractivity contribution in [2.24, 2.45) is 0 Å². The topological polar surface area (TPSA) is 50.8 Å². The minimum Gasteiger partial charge on any atom is -0.496 e. The van der Waals surface area contributed by atoms with Crippen LogP contribution in [0.1, 0.15) is 28.9 Å². The molecule has 0 saturated carbocycles. The molecule has 0 spiro atoms. The van der Waals surface area contributed by atoms with E-state index in [1.807, 2.05) is 12.1 Å². The van der Waals surface area contributed by atoms with E-state index in [2.05, 4.69) is 41.4 Å². The lowest BCUT2D eigenvalue weighted by molar-refractivity contribution is 0.0198. The summed E-state index contributed by atoms with van der Waals surface area (Å²) >= 11 is 0. The predicted molar refractivity (Wildman–Crippen MR) is 103 cm³/mol. The van der Waals surface area contributed by atoms with Gasteiger partial charge in [0.2, 0.25) is 0 Å². The Morgan fingerprint density at radius 2 is 1.85 bits per heavy atom. The highest BCUT2D eigenvalue weighted by molar-refractivity contribution is 5.96. The molecule has 1 aliphatic heterocycles. The first-order chi connectivity index (χ1) is 12.6. The summed E-state index contributed by atoms with van der Waals surface area (Å²) in [7, 11) is 3.28. The van der Waals surface area contributed by atoms with E-state index in [1.165, 1.54) is 5.56 Å². The molecule has 1 fully saturated rings. The van der Waals surface area contributed by atoms with Gasteiger partial charge in [-0.1, -0.05) is 24.3 Å². The van der Waals surface area contributed by atoms with Crippen molar-refractivity contribution < 1.29 is 14.3 Å². The molecular weight excluding hydrogens is 328 g/mol.